The van der Waals surface area contributed by atoms with E-state index < -0.39 is 45.9 Å². The van der Waals surface area contributed by atoms with Crippen LogP contribution >= 0.6 is 11.6 Å². The minimum Gasteiger partial charge on any atom is -0.481 e. The first-order valence-electron chi connectivity index (χ1n) is 5.42. The number of amides is 1. The third-order valence-electron chi connectivity index (χ3n) is 2.40. The molecule has 21 heavy (non-hydrogen) atoms. The Morgan fingerprint density at radius 1 is 1.33 bits per heavy atom. The minimum absolute atomic E-state index is 0.317. The van der Waals surface area contributed by atoms with Gasteiger partial charge in [0.05, 0.1) is 16.9 Å². The summed E-state index contributed by atoms with van der Waals surface area (Å²) in [7, 11) is 0. The van der Waals surface area contributed by atoms with Crippen molar-refractivity contribution in [2.24, 2.45) is 0 Å². The largest absolute Gasteiger partial charge is 0.481 e. The molecule has 0 saturated heterocycles. The van der Waals surface area contributed by atoms with Crippen molar-refractivity contribution in [3.05, 3.63) is 38.9 Å². The van der Waals surface area contributed by atoms with Crippen LogP contribution in [0.2, 0.25) is 5.02 Å². The molecule has 0 aliphatic rings. The van der Waals surface area contributed by atoms with Crippen molar-refractivity contribution in [3.8, 4) is 0 Å². The van der Waals surface area contributed by atoms with Gasteiger partial charge in [0.1, 0.15) is 11.1 Å². The molecular weight excluding hydrogens is 308 g/mol. The third kappa shape index (κ3) is 4.14. The number of hydrogen-bond donors (Lipinski definition) is 3. The molecule has 1 rings (SSSR count). The molecule has 10 heteroatoms. The van der Waals surface area contributed by atoms with Crippen LogP contribution in [-0.4, -0.2) is 39.0 Å². The second kappa shape index (κ2) is 6.66. The molecule has 1 amide bonds. The molecule has 0 aliphatic heterocycles. The molecule has 0 bridgehead atoms. The highest BCUT2D eigenvalue weighted by Crippen LogP contribution is 2.27. The Morgan fingerprint density at radius 2 is 1.95 bits per heavy atom. The summed E-state index contributed by atoms with van der Waals surface area (Å²) in [4.78, 5) is 43.1. The molecular formula is C11H9ClN2O7. The van der Waals surface area contributed by atoms with E-state index in [0.717, 1.165) is 12.1 Å². The summed E-state index contributed by atoms with van der Waals surface area (Å²) >= 11 is 5.70. The molecule has 0 heterocycles. The fraction of sp³-hybridized carbons (Fsp3) is 0.182. The van der Waals surface area contributed by atoms with E-state index >= 15 is 0 Å². The lowest BCUT2D eigenvalue weighted by Crippen LogP contribution is -2.42. The summed E-state index contributed by atoms with van der Waals surface area (Å²) in [6, 6.07) is 1.76. The highest BCUT2D eigenvalue weighted by atomic mass is 35.5. The monoisotopic (exact) mass is 316 g/mol. The van der Waals surface area contributed by atoms with E-state index in [9.17, 15) is 24.5 Å². The number of nitrogens with one attached hydrogen (secondary N) is 1. The quantitative estimate of drug-likeness (QED) is 0.521. The molecule has 9 nitrogen and oxygen atoms in total. The van der Waals surface area contributed by atoms with Gasteiger partial charge in [-0.2, -0.15) is 0 Å². The van der Waals surface area contributed by atoms with Gasteiger partial charge in [0.15, 0.2) is 0 Å². The summed E-state index contributed by atoms with van der Waals surface area (Å²) in [6.07, 6.45) is -0.840. The third-order valence-corrected chi connectivity index (χ3v) is 2.80. The van der Waals surface area contributed by atoms with Crippen molar-refractivity contribution in [1.82, 2.24) is 5.32 Å². The number of carboxylic acids is 2. The molecule has 0 saturated carbocycles. The van der Waals surface area contributed by atoms with Gasteiger partial charge >= 0.3 is 11.9 Å². The number of nitro groups is 1. The summed E-state index contributed by atoms with van der Waals surface area (Å²) in [6.45, 7) is 0. The number of hydrogen-bond acceptors (Lipinski definition) is 5. The van der Waals surface area contributed by atoms with E-state index in [2.05, 4.69) is 0 Å². The molecule has 1 aromatic rings. The molecule has 0 aromatic heterocycles. The molecule has 0 unspecified atom stereocenters. The van der Waals surface area contributed by atoms with Crippen molar-refractivity contribution in [2.75, 3.05) is 0 Å². The maximum Gasteiger partial charge on any atom is 0.326 e. The van der Waals surface area contributed by atoms with Crippen molar-refractivity contribution in [1.29, 1.82) is 0 Å². The number of rotatable bonds is 6. The van der Waals surface area contributed by atoms with E-state index in [-0.39, 0.29) is 5.56 Å². The Bertz CT molecular complexity index is 617. The standard InChI is InChI=1S/C11H9ClN2O7/c12-9-5(2-1-3-7(9)14(20)21)10(17)13-6(11(18)19)4-8(15)16/h1-3,6H,4H2,(H,13,17)(H,15,16)(H,18,19)/t6-/m1/s1. The van der Waals surface area contributed by atoms with Crippen molar-refractivity contribution in [3.63, 3.8) is 0 Å². The second-order valence-corrected chi connectivity index (χ2v) is 4.24. The summed E-state index contributed by atoms with van der Waals surface area (Å²) in [5, 5.41) is 29.5. The Hall–Kier alpha value is -2.68. The number of nitro benzene ring substituents is 1. The number of carboxylic acid groups (broad SMARTS) is 2. The van der Waals surface area contributed by atoms with Gasteiger partial charge in [-0.3, -0.25) is 19.7 Å². The van der Waals surface area contributed by atoms with E-state index in [1.165, 1.54) is 6.07 Å². The fourth-order valence-corrected chi connectivity index (χ4v) is 1.73. The Balaban J connectivity index is 3.03. The van der Waals surface area contributed by atoms with Crippen LogP contribution < -0.4 is 5.32 Å². The highest BCUT2D eigenvalue weighted by Gasteiger charge is 2.26. The topological polar surface area (TPSA) is 147 Å². The van der Waals surface area contributed by atoms with E-state index in [1.54, 1.807) is 0 Å². The average molecular weight is 317 g/mol. The number of carbonyl (C=O) groups excluding carboxylic acids is 1. The number of nitrogens with zero attached hydrogens (tertiary/aromatic N) is 1. The molecule has 0 radical (unpaired) electrons. The van der Waals surface area contributed by atoms with Gasteiger partial charge in [0, 0.05) is 6.07 Å². The Morgan fingerprint density at radius 3 is 2.43 bits per heavy atom. The van der Waals surface area contributed by atoms with Gasteiger partial charge in [-0.05, 0) is 6.07 Å². The first kappa shape index (κ1) is 16.4. The van der Waals surface area contributed by atoms with Crippen molar-refractivity contribution in [2.45, 2.75) is 12.5 Å². The predicted octanol–water partition coefficient (Wildman–Crippen LogP) is 0.906. The average Bonchev–Trinajstić information content (AvgIpc) is 2.36. The molecule has 0 fully saturated rings. The van der Waals surface area contributed by atoms with Gasteiger partial charge in [0.25, 0.3) is 11.6 Å². The van der Waals surface area contributed by atoms with Gasteiger partial charge in [0.2, 0.25) is 0 Å². The van der Waals surface area contributed by atoms with E-state index in [0.29, 0.717) is 0 Å². The normalized spacial score (nSPS) is 11.5. The lowest BCUT2D eigenvalue weighted by Gasteiger charge is -2.13. The lowest BCUT2D eigenvalue weighted by molar-refractivity contribution is -0.384. The van der Waals surface area contributed by atoms with Crippen LogP contribution in [-0.2, 0) is 9.59 Å². The fourth-order valence-electron chi connectivity index (χ4n) is 1.45. The lowest BCUT2D eigenvalue weighted by atomic mass is 10.1. The van der Waals surface area contributed by atoms with Crippen LogP contribution in [0.4, 0.5) is 5.69 Å². The van der Waals surface area contributed by atoms with Crippen molar-refractivity contribution >= 4 is 35.1 Å². The predicted molar refractivity (Wildman–Crippen MR) is 69.2 cm³/mol. The SMILES string of the molecule is O=C(O)C[C@@H](NC(=O)c1cccc([N+](=O)[O-])c1Cl)C(=O)O. The highest BCUT2D eigenvalue weighted by molar-refractivity contribution is 6.35. The number of aliphatic carboxylic acids is 2. The summed E-state index contributed by atoms with van der Waals surface area (Å²) in [5.41, 5.74) is -0.836. The zero-order valence-electron chi connectivity index (χ0n) is 10.3. The van der Waals surface area contributed by atoms with Crippen LogP contribution in [0.15, 0.2) is 18.2 Å². The number of carbonyl (C=O) groups is 3. The van der Waals surface area contributed by atoms with E-state index in [1.807, 2.05) is 5.32 Å². The first-order chi connectivity index (χ1) is 9.73. The molecule has 0 aliphatic carbocycles. The molecule has 112 valence electrons. The van der Waals surface area contributed by atoms with Gasteiger partial charge in [-0.15, -0.1) is 0 Å². The van der Waals surface area contributed by atoms with Gasteiger partial charge < -0.3 is 15.5 Å². The Labute approximate surface area is 122 Å². The minimum atomic E-state index is -1.68. The Kier molecular flexibility index (Phi) is 5.19. The molecule has 3 N–H and O–H groups in total. The molecule has 0 spiro atoms. The van der Waals surface area contributed by atoms with Crippen LogP contribution in [0.1, 0.15) is 16.8 Å². The number of benzene rings is 1. The first-order valence-corrected chi connectivity index (χ1v) is 5.80. The zero-order chi connectivity index (χ0) is 16.2. The summed E-state index contributed by atoms with van der Waals surface area (Å²) in [5.74, 6) is -3.99. The van der Waals surface area contributed by atoms with Crippen molar-refractivity contribution < 1.29 is 29.5 Å². The van der Waals surface area contributed by atoms with Crippen LogP contribution in [0, 0.1) is 10.1 Å². The summed E-state index contributed by atoms with van der Waals surface area (Å²) < 4.78 is 0. The second-order valence-electron chi connectivity index (χ2n) is 3.86. The maximum atomic E-state index is 11.9. The van der Waals surface area contributed by atoms with Crippen LogP contribution in [0.5, 0.6) is 0 Å². The zero-order valence-corrected chi connectivity index (χ0v) is 11.0. The van der Waals surface area contributed by atoms with Crippen LogP contribution in [0.25, 0.3) is 0 Å². The van der Waals surface area contributed by atoms with Gasteiger partial charge in [-0.25, -0.2) is 4.79 Å². The van der Waals surface area contributed by atoms with E-state index in [4.69, 9.17) is 21.8 Å². The van der Waals surface area contributed by atoms with Gasteiger partial charge in [-0.1, -0.05) is 17.7 Å². The molecule has 1 atom stereocenters. The number of halogens is 1. The maximum absolute atomic E-state index is 11.9. The van der Waals surface area contributed by atoms with Crippen LogP contribution in [0.3, 0.4) is 0 Å². The molecule has 1 aromatic carbocycles. The smallest absolute Gasteiger partial charge is 0.326 e.